The Morgan fingerprint density at radius 1 is 1.17 bits per heavy atom. The van der Waals surface area contributed by atoms with E-state index in [0.717, 1.165) is 11.5 Å². The molecule has 1 heterocycles. The van der Waals surface area contributed by atoms with Gasteiger partial charge in [0, 0.05) is 11.5 Å². The number of aromatic hydroxyl groups is 1. The van der Waals surface area contributed by atoms with Crippen LogP contribution in [0, 0.1) is 0 Å². The molecule has 12 heavy (non-hydrogen) atoms. The van der Waals surface area contributed by atoms with Crippen LogP contribution in [0.2, 0.25) is 0 Å². The topological polar surface area (TPSA) is 20.2 Å². The van der Waals surface area contributed by atoms with E-state index in [9.17, 15) is 0 Å². The molecule has 0 aliphatic carbocycles. The molecule has 1 aliphatic heterocycles. The summed E-state index contributed by atoms with van der Waals surface area (Å²) in [6.45, 7) is 0. The Hall–Kier alpha value is -0.890. The van der Waals surface area contributed by atoms with Crippen molar-refractivity contribution in [3.63, 3.8) is 0 Å². The highest BCUT2D eigenvalue weighted by Crippen LogP contribution is 2.26. The van der Waals surface area contributed by atoms with Crippen molar-refractivity contribution in [2.45, 2.75) is 0 Å². The minimum Gasteiger partial charge on any atom is -0.508 e. The minimum atomic E-state index is 0.338. The SMILES string of the molecule is Oc1ccc(C2=CCSC2)cc1. The van der Waals surface area contributed by atoms with Crippen LogP contribution in [-0.4, -0.2) is 16.6 Å². The van der Waals surface area contributed by atoms with Gasteiger partial charge < -0.3 is 5.11 Å². The fourth-order valence-corrected chi connectivity index (χ4v) is 2.21. The number of hydrogen-bond donors (Lipinski definition) is 1. The number of thioether (sulfide) groups is 1. The lowest BCUT2D eigenvalue weighted by atomic mass is 10.1. The molecule has 0 aromatic heterocycles. The van der Waals surface area contributed by atoms with Crippen LogP contribution < -0.4 is 0 Å². The first-order valence-corrected chi connectivity index (χ1v) is 5.08. The van der Waals surface area contributed by atoms with E-state index in [1.165, 1.54) is 11.1 Å². The highest BCUT2D eigenvalue weighted by Gasteiger charge is 2.06. The molecule has 0 spiro atoms. The first-order valence-electron chi connectivity index (χ1n) is 3.92. The Morgan fingerprint density at radius 2 is 1.92 bits per heavy atom. The van der Waals surface area contributed by atoms with Crippen LogP contribution in [0.15, 0.2) is 30.3 Å². The molecule has 1 N–H and O–H groups in total. The summed E-state index contributed by atoms with van der Waals surface area (Å²) in [6, 6.07) is 7.40. The van der Waals surface area contributed by atoms with E-state index >= 15 is 0 Å². The molecule has 0 radical (unpaired) electrons. The molecule has 1 aromatic carbocycles. The largest absolute Gasteiger partial charge is 0.508 e. The second-order valence-electron chi connectivity index (χ2n) is 2.79. The van der Waals surface area contributed by atoms with E-state index in [0.29, 0.717) is 5.75 Å². The number of hydrogen-bond acceptors (Lipinski definition) is 2. The Labute approximate surface area is 76.1 Å². The molecule has 0 saturated carbocycles. The second-order valence-corrected chi connectivity index (χ2v) is 3.82. The Balaban J connectivity index is 2.28. The lowest BCUT2D eigenvalue weighted by molar-refractivity contribution is 0.475. The van der Waals surface area contributed by atoms with E-state index in [1.54, 1.807) is 12.1 Å². The van der Waals surface area contributed by atoms with E-state index < -0.39 is 0 Å². The van der Waals surface area contributed by atoms with E-state index in [-0.39, 0.29) is 0 Å². The van der Waals surface area contributed by atoms with Gasteiger partial charge >= 0.3 is 0 Å². The Morgan fingerprint density at radius 3 is 2.50 bits per heavy atom. The molecule has 0 fully saturated rings. The van der Waals surface area contributed by atoms with Crippen molar-refractivity contribution in [3.05, 3.63) is 35.9 Å². The van der Waals surface area contributed by atoms with E-state index in [4.69, 9.17) is 5.11 Å². The molecule has 62 valence electrons. The summed E-state index contributed by atoms with van der Waals surface area (Å²) in [6.07, 6.45) is 2.25. The Kier molecular flexibility index (Phi) is 2.09. The third kappa shape index (κ3) is 1.48. The van der Waals surface area contributed by atoms with Crippen LogP contribution in [0.1, 0.15) is 5.56 Å². The zero-order chi connectivity index (χ0) is 8.39. The van der Waals surface area contributed by atoms with Crippen molar-refractivity contribution in [1.29, 1.82) is 0 Å². The van der Waals surface area contributed by atoms with Gasteiger partial charge in [-0.1, -0.05) is 18.2 Å². The number of phenols is 1. The van der Waals surface area contributed by atoms with Gasteiger partial charge in [-0.3, -0.25) is 0 Å². The molecule has 0 unspecified atom stereocenters. The van der Waals surface area contributed by atoms with Gasteiger partial charge in [0.25, 0.3) is 0 Å². The van der Waals surface area contributed by atoms with Crippen molar-refractivity contribution in [3.8, 4) is 5.75 Å². The summed E-state index contributed by atoms with van der Waals surface area (Å²) in [4.78, 5) is 0. The summed E-state index contributed by atoms with van der Waals surface area (Å²) < 4.78 is 0. The highest BCUT2D eigenvalue weighted by atomic mass is 32.2. The fourth-order valence-electron chi connectivity index (χ4n) is 1.26. The predicted molar refractivity (Wildman–Crippen MR) is 53.4 cm³/mol. The summed E-state index contributed by atoms with van der Waals surface area (Å²) in [5, 5.41) is 9.07. The van der Waals surface area contributed by atoms with Gasteiger partial charge in [-0.05, 0) is 23.3 Å². The van der Waals surface area contributed by atoms with Crippen LogP contribution >= 0.6 is 11.8 Å². The van der Waals surface area contributed by atoms with Gasteiger partial charge in [0.2, 0.25) is 0 Å². The Bertz CT molecular complexity index is 300. The normalized spacial score (nSPS) is 16.2. The number of rotatable bonds is 1. The van der Waals surface area contributed by atoms with Crippen molar-refractivity contribution in [2.24, 2.45) is 0 Å². The number of benzene rings is 1. The third-order valence-electron chi connectivity index (χ3n) is 1.94. The average Bonchev–Trinajstić information content (AvgIpc) is 2.58. The highest BCUT2D eigenvalue weighted by molar-refractivity contribution is 8.00. The zero-order valence-corrected chi connectivity index (χ0v) is 7.47. The molecule has 1 aliphatic rings. The molecule has 2 rings (SSSR count). The quantitative estimate of drug-likeness (QED) is 0.713. The molecule has 0 amide bonds. The smallest absolute Gasteiger partial charge is 0.115 e. The number of phenolic OH excluding ortho intramolecular Hbond substituents is 1. The van der Waals surface area contributed by atoms with Crippen molar-refractivity contribution < 1.29 is 5.11 Å². The minimum absolute atomic E-state index is 0.338. The average molecular weight is 178 g/mol. The monoisotopic (exact) mass is 178 g/mol. The van der Waals surface area contributed by atoms with E-state index in [2.05, 4.69) is 6.08 Å². The first kappa shape index (κ1) is 7.74. The van der Waals surface area contributed by atoms with Gasteiger partial charge in [0.15, 0.2) is 0 Å². The first-order chi connectivity index (χ1) is 5.86. The maximum Gasteiger partial charge on any atom is 0.115 e. The van der Waals surface area contributed by atoms with Gasteiger partial charge in [-0.2, -0.15) is 11.8 Å². The van der Waals surface area contributed by atoms with Crippen LogP contribution in [0.5, 0.6) is 5.75 Å². The van der Waals surface area contributed by atoms with Crippen molar-refractivity contribution >= 4 is 17.3 Å². The molecule has 1 aromatic rings. The fraction of sp³-hybridized carbons (Fsp3) is 0.200. The van der Waals surface area contributed by atoms with Gasteiger partial charge in [-0.15, -0.1) is 0 Å². The summed E-state index contributed by atoms with van der Waals surface area (Å²) >= 11 is 1.93. The van der Waals surface area contributed by atoms with Gasteiger partial charge in [0.05, 0.1) is 0 Å². The molecule has 0 saturated heterocycles. The summed E-state index contributed by atoms with van der Waals surface area (Å²) in [5.41, 5.74) is 2.62. The third-order valence-corrected chi connectivity index (χ3v) is 2.86. The van der Waals surface area contributed by atoms with Gasteiger partial charge in [-0.25, -0.2) is 0 Å². The molecule has 0 atom stereocenters. The lowest BCUT2D eigenvalue weighted by Crippen LogP contribution is -1.81. The maximum atomic E-state index is 9.07. The standard InChI is InChI=1S/C10H10OS/c11-10-3-1-8(2-4-10)9-5-6-12-7-9/h1-5,11H,6-7H2. The van der Waals surface area contributed by atoms with E-state index in [1.807, 2.05) is 23.9 Å². The maximum absolute atomic E-state index is 9.07. The molecule has 0 bridgehead atoms. The molecular formula is C10H10OS. The van der Waals surface area contributed by atoms with Crippen LogP contribution in [0.4, 0.5) is 0 Å². The van der Waals surface area contributed by atoms with Crippen LogP contribution in [0.3, 0.4) is 0 Å². The van der Waals surface area contributed by atoms with Crippen molar-refractivity contribution in [1.82, 2.24) is 0 Å². The summed E-state index contributed by atoms with van der Waals surface area (Å²) in [7, 11) is 0. The predicted octanol–water partition coefficient (Wildman–Crippen LogP) is 2.52. The molecular weight excluding hydrogens is 168 g/mol. The van der Waals surface area contributed by atoms with Crippen molar-refractivity contribution in [2.75, 3.05) is 11.5 Å². The lowest BCUT2D eigenvalue weighted by Gasteiger charge is -2.00. The molecule has 1 nitrogen and oxygen atoms in total. The van der Waals surface area contributed by atoms with Crippen LogP contribution in [0.25, 0.3) is 5.57 Å². The second kappa shape index (κ2) is 3.23. The zero-order valence-electron chi connectivity index (χ0n) is 6.66. The summed E-state index contributed by atoms with van der Waals surface area (Å²) in [5.74, 6) is 2.56. The van der Waals surface area contributed by atoms with Crippen LogP contribution in [-0.2, 0) is 0 Å². The molecule has 2 heteroatoms. The van der Waals surface area contributed by atoms with Gasteiger partial charge in [0.1, 0.15) is 5.75 Å².